The highest BCUT2D eigenvalue weighted by Crippen LogP contribution is 2.33. The van der Waals surface area contributed by atoms with Gasteiger partial charge in [-0.05, 0) is 36.6 Å². The summed E-state index contributed by atoms with van der Waals surface area (Å²) in [5.41, 5.74) is 1.69. The number of amides is 4. The molecule has 40 heavy (non-hydrogen) atoms. The number of nitrogens with one attached hydrogen (secondary N) is 3. The topological polar surface area (TPSA) is 146 Å². The van der Waals surface area contributed by atoms with Crippen LogP contribution < -0.4 is 25.4 Å². The first kappa shape index (κ1) is 28.9. The summed E-state index contributed by atoms with van der Waals surface area (Å²) in [5.74, 6) is -1.39. The van der Waals surface area contributed by atoms with E-state index in [0.29, 0.717) is 11.3 Å². The van der Waals surface area contributed by atoms with Crippen molar-refractivity contribution in [1.29, 1.82) is 0 Å². The molecule has 4 rings (SSSR count). The number of carbonyl (C=O) groups is 4. The van der Waals surface area contributed by atoms with Crippen LogP contribution >= 0.6 is 0 Å². The molecule has 0 bridgehead atoms. The van der Waals surface area contributed by atoms with Crippen LogP contribution in [0, 0.1) is 5.92 Å². The number of para-hydroxylation sites is 1. The SMILES string of the molecule is COc1ccccc1-c1ccc2c(c1)C(=O)N[C@@H](C(C)C)C(=O)N[C@H](C)C(=O)N1C[C@@H](O)C[C@H]1C(=O)NCCO2. The molecule has 2 aromatic rings. The van der Waals surface area contributed by atoms with E-state index in [1.54, 1.807) is 39.2 Å². The molecule has 0 spiro atoms. The molecule has 2 heterocycles. The Kier molecular flexibility index (Phi) is 8.93. The Labute approximate surface area is 233 Å². The van der Waals surface area contributed by atoms with Gasteiger partial charge >= 0.3 is 0 Å². The van der Waals surface area contributed by atoms with Crippen LogP contribution in [0.2, 0.25) is 0 Å². The number of rotatable bonds is 3. The maximum absolute atomic E-state index is 13.6. The van der Waals surface area contributed by atoms with E-state index in [0.717, 1.165) is 5.56 Å². The Morgan fingerprint density at radius 1 is 1.02 bits per heavy atom. The van der Waals surface area contributed by atoms with Crippen LogP contribution in [0.4, 0.5) is 0 Å². The average Bonchev–Trinajstić information content (AvgIpc) is 3.34. The molecule has 4 N–H and O–H groups in total. The quantitative estimate of drug-likeness (QED) is 0.446. The number of hydrogen-bond donors (Lipinski definition) is 4. The number of fused-ring (bicyclic) bond motifs is 2. The van der Waals surface area contributed by atoms with Crippen molar-refractivity contribution < 1.29 is 33.8 Å². The molecule has 214 valence electrons. The summed E-state index contributed by atoms with van der Waals surface area (Å²) >= 11 is 0. The Morgan fingerprint density at radius 2 is 1.77 bits per heavy atom. The van der Waals surface area contributed by atoms with Gasteiger partial charge in [0.25, 0.3) is 5.91 Å². The van der Waals surface area contributed by atoms with Crippen molar-refractivity contribution in [2.45, 2.75) is 51.4 Å². The molecule has 4 amide bonds. The number of aliphatic hydroxyl groups is 1. The predicted molar refractivity (Wildman–Crippen MR) is 147 cm³/mol. The third kappa shape index (κ3) is 6.20. The minimum absolute atomic E-state index is 0.0140. The van der Waals surface area contributed by atoms with Crippen LogP contribution in [-0.4, -0.2) is 84.7 Å². The zero-order valence-electron chi connectivity index (χ0n) is 23.1. The van der Waals surface area contributed by atoms with Crippen molar-refractivity contribution in [3.63, 3.8) is 0 Å². The summed E-state index contributed by atoms with van der Waals surface area (Å²) < 4.78 is 11.4. The summed E-state index contributed by atoms with van der Waals surface area (Å²) in [5, 5.41) is 18.4. The first-order valence-electron chi connectivity index (χ1n) is 13.4. The average molecular weight is 553 g/mol. The Morgan fingerprint density at radius 3 is 2.50 bits per heavy atom. The number of methoxy groups -OCH3 is 1. The van der Waals surface area contributed by atoms with Crippen molar-refractivity contribution in [2.75, 3.05) is 26.8 Å². The summed E-state index contributed by atoms with van der Waals surface area (Å²) in [4.78, 5) is 54.3. The summed E-state index contributed by atoms with van der Waals surface area (Å²) in [6.45, 7) is 5.24. The van der Waals surface area contributed by atoms with E-state index in [1.807, 2.05) is 24.3 Å². The number of aliphatic hydroxyl groups excluding tert-OH is 1. The minimum Gasteiger partial charge on any atom is -0.496 e. The summed E-state index contributed by atoms with van der Waals surface area (Å²) in [6, 6.07) is 9.73. The predicted octanol–water partition coefficient (Wildman–Crippen LogP) is 1.09. The zero-order chi connectivity index (χ0) is 29.0. The second-order valence-electron chi connectivity index (χ2n) is 10.4. The van der Waals surface area contributed by atoms with Crippen molar-refractivity contribution >= 4 is 23.6 Å². The van der Waals surface area contributed by atoms with E-state index in [1.165, 1.54) is 11.8 Å². The molecular weight excluding hydrogens is 516 g/mol. The van der Waals surface area contributed by atoms with Crippen LogP contribution in [0.25, 0.3) is 11.1 Å². The maximum Gasteiger partial charge on any atom is 0.255 e. The zero-order valence-corrected chi connectivity index (χ0v) is 23.1. The molecule has 2 aromatic carbocycles. The molecule has 0 aliphatic carbocycles. The largest absolute Gasteiger partial charge is 0.496 e. The Balaban J connectivity index is 1.70. The Bertz CT molecular complexity index is 1280. The summed E-state index contributed by atoms with van der Waals surface area (Å²) in [6.07, 6.45) is -0.758. The highest BCUT2D eigenvalue weighted by atomic mass is 16.5. The number of ether oxygens (including phenoxy) is 2. The molecule has 2 aliphatic rings. The van der Waals surface area contributed by atoms with Gasteiger partial charge in [-0.2, -0.15) is 0 Å². The second kappa shape index (κ2) is 12.4. The van der Waals surface area contributed by atoms with Gasteiger partial charge in [0, 0.05) is 18.5 Å². The van der Waals surface area contributed by atoms with E-state index in [4.69, 9.17) is 9.47 Å². The number of benzene rings is 2. The lowest BCUT2D eigenvalue weighted by Crippen LogP contribution is -2.57. The van der Waals surface area contributed by atoms with Gasteiger partial charge in [-0.25, -0.2) is 0 Å². The molecule has 0 saturated carbocycles. The summed E-state index contributed by atoms with van der Waals surface area (Å²) in [7, 11) is 1.57. The third-order valence-electron chi connectivity index (χ3n) is 7.13. The van der Waals surface area contributed by atoms with Gasteiger partial charge in [0.1, 0.15) is 36.2 Å². The fraction of sp³-hybridized carbons (Fsp3) is 0.448. The van der Waals surface area contributed by atoms with Gasteiger partial charge in [0.15, 0.2) is 0 Å². The van der Waals surface area contributed by atoms with E-state index < -0.39 is 47.9 Å². The lowest BCUT2D eigenvalue weighted by molar-refractivity contribution is -0.141. The van der Waals surface area contributed by atoms with Crippen LogP contribution in [0.5, 0.6) is 11.5 Å². The monoisotopic (exact) mass is 552 g/mol. The minimum atomic E-state index is -0.980. The molecule has 0 aromatic heterocycles. The van der Waals surface area contributed by atoms with Gasteiger partial charge in [-0.15, -0.1) is 0 Å². The van der Waals surface area contributed by atoms with Gasteiger partial charge in [0.05, 0.1) is 25.3 Å². The van der Waals surface area contributed by atoms with Crippen LogP contribution in [0.3, 0.4) is 0 Å². The molecular formula is C29H36N4O7. The van der Waals surface area contributed by atoms with E-state index in [9.17, 15) is 24.3 Å². The van der Waals surface area contributed by atoms with Crippen LogP contribution in [0.15, 0.2) is 42.5 Å². The molecule has 0 radical (unpaired) electrons. The maximum atomic E-state index is 13.6. The van der Waals surface area contributed by atoms with Gasteiger partial charge in [-0.1, -0.05) is 38.1 Å². The van der Waals surface area contributed by atoms with Crippen molar-refractivity contribution in [3.05, 3.63) is 48.0 Å². The molecule has 2 aliphatic heterocycles. The highest BCUT2D eigenvalue weighted by Gasteiger charge is 2.41. The van der Waals surface area contributed by atoms with E-state index >= 15 is 0 Å². The fourth-order valence-electron chi connectivity index (χ4n) is 5.01. The van der Waals surface area contributed by atoms with Crippen molar-refractivity contribution in [1.82, 2.24) is 20.9 Å². The lowest BCUT2D eigenvalue weighted by Gasteiger charge is -2.29. The fourth-order valence-corrected chi connectivity index (χ4v) is 5.01. The third-order valence-corrected chi connectivity index (χ3v) is 7.13. The first-order valence-corrected chi connectivity index (χ1v) is 13.4. The van der Waals surface area contributed by atoms with Crippen molar-refractivity contribution in [3.8, 4) is 22.6 Å². The smallest absolute Gasteiger partial charge is 0.255 e. The number of nitrogens with zero attached hydrogens (tertiary/aromatic N) is 1. The van der Waals surface area contributed by atoms with Gasteiger partial charge in [-0.3, -0.25) is 19.2 Å². The van der Waals surface area contributed by atoms with E-state index in [-0.39, 0.29) is 43.3 Å². The standard InChI is InChI=1S/C29H36N4O7/c1-16(2)25-28(37)31-17(3)29(38)33-15-19(34)14-22(33)27(36)30-11-12-40-24-10-9-18(13-21(24)26(35)32-25)20-7-5-6-8-23(20)39-4/h5-10,13,16-17,19,22,25,34H,11-12,14-15H2,1-4H3,(H,30,36)(H,31,37)(H,32,35)/t17-,19+,22+,25+/m1/s1. The number of carbonyl (C=O) groups excluding carboxylic acids is 4. The molecule has 11 heteroatoms. The van der Waals surface area contributed by atoms with Crippen molar-refractivity contribution in [2.24, 2.45) is 5.92 Å². The first-order chi connectivity index (χ1) is 19.1. The molecule has 4 atom stereocenters. The molecule has 0 unspecified atom stereocenters. The van der Waals surface area contributed by atoms with E-state index in [2.05, 4.69) is 16.0 Å². The molecule has 11 nitrogen and oxygen atoms in total. The Hall–Kier alpha value is -4.12. The van der Waals surface area contributed by atoms with Gasteiger partial charge in [0.2, 0.25) is 17.7 Å². The molecule has 1 saturated heterocycles. The number of hydrogen-bond acceptors (Lipinski definition) is 7. The van der Waals surface area contributed by atoms with Crippen LogP contribution in [0.1, 0.15) is 37.6 Å². The lowest BCUT2D eigenvalue weighted by atomic mass is 9.99. The highest BCUT2D eigenvalue weighted by molar-refractivity contribution is 6.01. The molecule has 1 fully saturated rings. The van der Waals surface area contributed by atoms with Crippen LogP contribution in [-0.2, 0) is 14.4 Å². The normalized spacial score (nSPS) is 24.4. The second-order valence-corrected chi connectivity index (χ2v) is 10.4. The van der Waals surface area contributed by atoms with Gasteiger partial charge < -0.3 is 35.4 Å².